The fourth-order valence-electron chi connectivity index (χ4n) is 24.1. The highest BCUT2D eigenvalue weighted by Crippen LogP contribution is 2.57. The predicted octanol–water partition coefficient (Wildman–Crippen LogP) is 16.3. The largest absolute Gasteiger partial charge is 0.444 e. The van der Waals surface area contributed by atoms with Crippen LogP contribution in [0.3, 0.4) is 0 Å². The first kappa shape index (κ1) is 102. The fraction of sp³-hybridized carbons (Fsp3) is 0.821. The van der Waals surface area contributed by atoms with E-state index < -0.39 is 39.1 Å². The summed E-state index contributed by atoms with van der Waals surface area (Å²) < 4.78 is 58.2. The van der Waals surface area contributed by atoms with Crippen molar-refractivity contribution in [1.29, 1.82) is 26.3 Å². The van der Waals surface area contributed by atoms with Crippen molar-refractivity contribution in [1.82, 2.24) is 25.8 Å². The zero-order valence-electron chi connectivity index (χ0n) is 77.1. The quantitative estimate of drug-likeness (QED) is 0.0681. The number of nitrogens with two attached hydrogens (primary N) is 2. The van der Waals surface area contributed by atoms with E-state index in [2.05, 4.69) is 88.7 Å². The molecule has 29 heteroatoms. The summed E-state index contributed by atoms with van der Waals surface area (Å²) in [7, 11) is -4.02. The van der Waals surface area contributed by atoms with Gasteiger partial charge in [0.05, 0.1) is 54.0 Å². The average Bonchev–Trinajstić information content (AvgIpc) is 1.63. The van der Waals surface area contributed by atoms with Crippen molar-refractivity contribution in [3.05, 3.63) is 29.8 Å². The lowest BCUT2D eigenvalue weighted by Gasteiger charge is -2.29. The Morgan fingerprint density at radius 3 is 1.12 bits per heavy atom. The Hall–Kier alpha value is -6.94. The Labute approximate surface area is 744 Å². The number of likely N-dealkylation sites (tertiary alicyclic amines) is 2. The van der Waals surface area contributed by atoms with Crippen LogP contribution in [-0.4, -0.2) is 163 Å². The monoisotopic (exact) mass is 1770 g/mol. The minimum Gasteiger partial charge on any atom is -0.444 e. The normalized spacial score (nSPS) is 38.3. The molecule has 2 aliphatic heterocycles. The van der Waals surface area contributed by atoms with E-state index in [-0.39, 0.29) is 117 Å². The number of alkyl carbamates (subject to hydrolysis) is 3. The summed E-state index contributed by atoms with van der Waals surface area (Å²) in [4.78, 5) is 73.3. The number of fused-ring (bicyclic) bond motifs is 6. The molecule has 2 saturated heterocycles. The number of carbonyl (C=O) groups is 6. The Bertz CT molecular complexity index is 4100. The van der Waals surface area contributed by atoms with Crippen LogP contribution in [0, 0.1) is 164 Å². The molecule has 1 aromatic rings. The Balaban J connectivity index is 0.000000178. The molecule has 12 aliphatic carbocycles. The maximum Gasteiger partial charge on any atom is 0.408 e. The Morgan fingerprint density at radius 1 is 0.492 bits per heavy atom. The number of hydrogen-bond donors (Lipinski definition) is 8. The van der Waals surface area contributed by atoms with E-state index in [1.165, 1.54) is 29.9 Å². The van der Waals surface area contributed by atoms with Crippen molar-refractivity contribution in [2.45, 2.75) is 377 Å². The number of halogens is 2. The lowest BCUT2D eigenvalue weighted by molar-refractivity contribution is -0.132. The van der Waals surface area contributed by atoms with Crippen LogP contribution < -0.4 is 27.4 Å². The van der Waals surface area contributed by atoms with Gasteiger partial charge in [0.2, 0.25) is 11.8 Å². The number of rotatable bonds is 8. The molecule has 0 radical (unpaired) electrons. The van der Waals surface area contributed by atoms with Gasteiger partial charge in [-0.15, -0.1) is 11.6 Å². The number of Topliss-reactive ketones (excluding diaryl/α,β-unsaturated/α-hetero) is 1. The number of hydrogen-bond acceptors (Lipinski definition) is 20. The number of nitrogens with zero attached hydrogens (tertiary/aromatic N) is 7. The van der Waals surface area contributed by atoms with Crippen LogP contribution in [0.4, 0.5) is 18.8 Å². The van der Waals surface area contributed by atoms with Gasteiger partial charge >= 0.3 is 18.3 Å². The van der Waals surface area contributed by atoms with Crippen molar-refractivity contribution in [2.75, 3.05) is 19.0 Å². The van der Waals surface area contributed by atoms with Gasteiger partial charge in [0, 0.05) is 77.7 Å². The third-order valence-corrected chi connectivity index (χ3v) is 29.6. The van der Waals surface area contributed by atoms with E-state index in [1.807, 2.05) is 75.3 Å². The number of carbonyl (C=O) groups excluding carboxylic acids is 6. The number of nitrogens with one attached hydrogen (secondary N) is 3. The van der Waals surface area contributed by atoms with E-state index in [4.69, 9.17) is 62.9 Å². The molecule has 12 saturated carbocycles. The number of aliphatic hydroxyl groups excluding tert-OH is 2. The first-order valence-corrected chi connectivity index (χ1v) is 47.6. The van der Waals surface area contributed by atoms with Crippen molar-refractivity contribution < 1.29 is 70.6 Å². The van der Waals surface area contributed by atoms with Gasteiger partial charge in [-0.3, -0.25) is 18.9 Å². The molecule has 5 amide bonds. The molecule has 26 nitrogen and oxygen atoms in total. The summed E-state index contributed by atoms with van der Waals surface area (Å²) in [6, 6.07) is 16.5. The summed E-state index contributed by atoms with van der Waals surface area (Å²) in [5.41, 5.74) is 11.5. The van der Waals surface area contributed by atoms with E-state index in [0.29, 0.717) is 84.2 Å². The molecule has 10 N–H and O–H groups in total. The minimum atomic E-state index is -4.02. The third kappa shape index (κ3) is 30.6. The smallest absolute Gasteiger partial charge is 0.408 e. The second kappa shape index (κ2) is 41.7. The summed E-state index contributed by atoms with van der Waals surface area (Å²) >= 11 is 5.28. The van der Waals surface area contributed by atoms with Gasteiger partial charge < -0.3 is 61.6 Å². The first-order chi connectivity index (χ1) is 57.3. The van der Waals surface area contributed by atoms with Gasteiger partial charge in [-0.1, -0.05) is 31.5 Å². The first-order valence-electron chi connectivity index (χ1n) is 45.6. The van der Waals surface area contributed by atoms with Crippen molar-refractivity contribution in [3.63, 3.8) is 0 Å². The van der Waals surface area contributed by atoms with Gasteiger partial charge in [0.25, 0.3) is 10.1 Å². The molecule has 124 heavy (non-hydrogen) atoms. The molecule has 1 aromatic carbocycles. The Kier molecular flexibility index (Phi) is 34.4. The lowest BCUT2D eigenvalue weighted by Crippen LogP contribution is -2.46. The van der Waals surface area contributed by atoms with Crippen molar-refractivity contribution >= 4 is 57.6 Å². The summed E-state index contributed by atoms with van der Waals surface area (Å²) in [6.07, 6.45) is 24.1. The van der Waals surface area contributed by atoms with Gasteiger partial charge in [-0.25, -0.2) is 18.8 Å². The van der Waals surface area contributed by atoms with Gasteiger partial charge in [0.15, 0.2) is 0 Å². The van der Waals surface area contributed by atoms with Crippen molar-refractivity contribution in [3.8, 4) is 30.3 Å². The van der Waals surface area contributed by atoms with E-state index in [0.717, 1.165) is 177 Å². The molecule has 14 fully saturated rings. The van der Waals surface area contributed by atoms with Crippen LogP contribution in [0.15, 0.2) is 29.2 Å². The summed E-state index contributed by atoms with van der Waals surface area (Å²) in [6.45, 7) is 34.3. The zero-order valence-corrected chi connectivity index (χ0v) is 78.7. The highest BCUT2D eigenvalue weighted by Gasteiger charge is 2.53. The maximum absolute atomic E-state index is 12.7. The standard InChI is InChI=1S/C19H27N3O.C15H24N2O2.C14H25NO3.C14H23NO3.C10H16N2.C9H17NO.C7H8ClFN2O.C7H8O3S/c1-13-5-17(11-21)22(12-13)18(23)3-4-19(2)8-15-6-14(10-20)7-16(15)9-19;1-14(2,3)19-13(18)17-15(4)7-11-5-10(9-16)6-12(11)8-15;2*1-13(2,3)18-12(17)15-14(4)7-9-5-11(16)6-10(9)8-14;1-10(12)4-8-2-7(6-11)3-9(8)5-10;1-9(10)4-6-2-8(11)3-7(6)5-9;8-2-7(12)11-4-5(9)1-6(11)3-10;1-6-2-4-7(5-3-6)11(8,9)10/h13-17H,3-9,12H2,1-2H3;10-12H,5-8H2,1-4H3,(H,17,18);9-11,16H,5-8H2,1-4H3,(H,15,17);9-10H,5-8H2,1-4H3,(H,15,17);7-9H,2-5,12H2,1H3;6-8,11H,2-5,10H2,1H3;5-6H,1-2,4H2;2-5H,1H3,(H,8,9,10)/t13-,14?,15-,16+,17-,19?;10?,11-,12+,15?;9-,10+,11?,14?;9-,10+,14?;7?,8-,9+,10?;6-,7+,8?,9?;5-,6-;/m0.....0./s1. The van der Waals surface area contributed by atoms with Crippen LogP contribution in [0.1, 0.15) is 296 Å². The molecular formula is C95H148ClFN12O14S. The van der Waals surface area contributed by atoms with Crippen LogP contribution in [0.5, 0.6) is 0 Å². The van der Waals surface area contributed by atoms with E-state index >= 15 is 0 Å². The molecule has 0 spiro atoms. The molecule has 0 aromatic heterocycles. The average molecular weight is 1770 g/mol. The van der Waals surface area contributed by atoms with Crippen LogP contribution in [0.25, 0.3) is 0 Å². The predicted molar refractivity (Wildman–Crippen MR) is 470 cm³/mol. The zero-order chi connectivity index (χ0) is 92.4. The maximum atomic E-state index is 12.7. The van der Waals surface area contributed by atoms with Gasteiger partial charge in [-0.2, -0.15) is 34.7 Å². The fourth-order valence-corrected chi connectivity index (χ4v) is 24.7. The number of nitriles is 5. The van der Waals surface area contributed by atoms with Crippen LogP contribution >= 0.6 is 11.6 Å². The van der Waals surface area contributed by atoms with Crippen LogP contribution in [-0.2, 0) is 38.7 Å². The van der Waals surface area contributed by atoms with Gasteiger partial charge in [0.1, 0.15) is 46.7 Å². The van der Waals surface area contributed by atoms with E-state index in [9.17, 15) is 57.1 Å². The molecular weight excluding hydrogens is 1620 g/mol. The molecule has 11 unspecified atom stereocenters. The number of aliphatic hydroxyl groups is 2. The molecule has 0 bridgehead atoms. The Morgan fingerprint density at radius 2 is 0.798 bits per heavy atom. The lowest BCUT2D eigenvalue weighted by atomic mass is 9.80. The topological polar surface area (TPSA) is 438 Å². The van der Waals surface area contributed by atoms with Crippen molar-refractivity contribution in [2.24, 2.45) is 112 Å². The van der Waals surface area contributed by atoms with E-state index in [1.54, 1.807) is 17.0 Å². The SMILES string of the molecule is CC1(N)C[C@H]2CC(C#N)C[C@H]2C1.CC1(N)C[C@H]2CC(O)C[C@H]2C1.CC1(NC(=O)OC(C)(C)C)C[C@H]2CC(=O)C[C@H]2C1.CC1(NC(=O)OC(C)(C)C)C[C@H]2CC(C#N)C[C@H]2C1.CC1(NC(=O)OC(C)(C)C)C[C@H]2CC(O)C[C@H]2C1.C[C@H]1C[C@@H](C#N)N(C(=O)CCC2(C)C[C@H]3CC(C#N)C[C@H]3C2)C1.Cc1ccc(S(=O)(=O)O)cc1.N#C[C@@H]1C[C@H](F)CN1C(=O)CCl. The molecule has 15 rings (SSSR count). The number of ether oxygens (including phenoxy) is 3. The number of amides is 5. The molecule has 27 atom stereocenters. The van der Waals surface area contributed by atoms with Gasteiger partial charge in [-0.05, 0) is 352 Å². The summed E-state index contributed by atoms with van der Waals surface area (Å²) in [5.74, 6) is 8.77. The third-order valence-electron chi connectivity index (χ3n) is 28.5. The number of aryl methyl sites for hydroxylation is 1. The number of ketones is 1. The second-order valence-corrected chi connectivity index (χ2v) is 46.5. The summed E-state index contributed by atoms with van der Waals surface area (Å²) in [5, 5.41) is 72.6. The number of benzene rings is 1. The minimum absolute atomic E-state index is 0.00375. The highest BCUT2D eigenvalue weighted by atomic mass is 35.5. The highest BCUT2D eigenvalue weighted by molar-refractivity contribution is 7.85. The molecule has 2 heterocycles. The number of alkyl halides is 2. The second-order valence-electron chi connectivity index (χ2n) is 44.8. The molecule has 692 valence electrons. The molecule has 14 aliphatic rings. The van der Waals surface area contributed by atoms with Crippen LogP contribution in [0.2, 0.25) is 0 Å².